The number of rotatable bonds is 8. The number of allylic oxidation sites excluding steroid dienone is 2. The van der Waals surface area contributed by atoms with Gasteiger partial charge in [-0.05, 0) is 36.5 Å². The van der Waals surface area contributed by atoms with E-state index in [0.29, 0.717) is 0 Å². The van der Waals surface area contributed by atoms with E-state index in [1.165, 1.54) is 12.0 Å². The van der Waals surface area contributed by atoms with Gasteiger partial charge in [0.05, 0.1) is 5.82 Å². The molecule has 18 heavy (non-hydrogen) atoms. The van der Waals surface area contributed by atoms with E-state index in [-0.39, 0.29) is 0 Å². The second-order valence-electron chi connectivity index (χ2n) is 4.28. The molecule has 1 rings (SSSR count). The lowest BCUT2D eigenvalue weighted by Gasteiger charge is -2.10. The Balaban J connectivity index is 2.50. The summed E-state index contributed by atoms with van der Waals surface area (Å²) in [4.78, 5) is 4.11. The smallest absolute Gasteiger partial charge is 0.0992 e. The molecule has 0 atom stereocenters. The topological polar surface area (TPSA) is 50.9 Å². The van der Waals surface area contributed by atoms with Crippen LogP contribution in [0.1, 0.15) is 31.7 Å². The number of hydrogen-bond acceptors (Lipinski definition) is 3. The molecular weight excluding hydrogens is 222 g/mol. The maximum atomic E-state index is 6.02. The largest absolute Gasteiger partial charge is 0.385 e. The number of nitrogens with zero attached hydrogens (tertiary/aromatic N) is 1. The number of nitrogens with one attached hydrogen (secondary N) is 1. The van der Waals surface area contributed by atoms with Crippen LogP contribution < -0.4 is 11.1 Å². The predicted octanol–water partition coefficient (Wildman–Crippen LogP) is 2.76. The van der Waals surface area contributed by atoms with Crippen molar-refractivity contribution in [1.82, 2.24) is 10.3 Å². The van der Waals surface area contributed by atoms with Crippen LogP contribution in [0.25, 0.3) is 0 Å². The summed E-state index contributed by atoms with van der Waals surface area (Å²) in [6, 6.07) is 4.03. The number of unbranched alkanes of at least 4 members (excludes halogenated alkanes) is 1. The Hall–Kier alpha value is -1.77. The van der Waals surface area contributed by atoms with Gasteiger partial charge < -0.3 is 11.1 Å². The lowest BCUT2D eigenvalue weighted by molar-refractivity contribution is 0.696. The highest BCUT2D eigenvalue weighted by Gasteiger charge is 2.01. The van der Waals surface area contributed by atoms with Gasteiger partial charge in [-0.15, -0.1) is 0 Å². The van der Waals surface area contributed by atoms with Crippen molar-refractivity contribution in [2.24, 2.45) is 5.73 Å². The zero-order chi connectivity index (χ0) is 13.2. The highest BCUT2D eigenvalue weighted by molar-refractivity contribution is 5.23. The van der Waals surface area contributed by atoms with Crippen molar-refractivity contribution >= 4 is 0 Å². The molecule has 1 aromatic rings. The molecule has 0 saturated heterocycles. The van der Waals surface area contributed by atoms with Crippen molar-refractivity contribution < 1.29 is 0 Å². The Labute approximate surface area is 110 Å². The molecule has 0 radical (unpaired) electrons. The van der Waals surface area contributed by atoms with Crippen LogP contribution in [-0.4, -0.2) is 11.5 Å². The average Bonchev–Trinajstić information content (AvgIpc) is 2.41. The fraction of sp³-hybridized carbons (Fsp3) is 0.400. The quantitative estimate of drug-likeness (QED) is 0.547. The molecule has 0 spiro atoms. The molecule has 1 aromatic heterocycles. The summed E-state index contributed by atoms with van der Waals surface area (Å²) in [6.07, 6.45) is 9.64. The van der Waals surface area contributed by atoms with Gasteiger partial charge in [-0.2, -0.15) is 0 Å². The maximum absolute atomic E-state index is 6.02. The second-order valence-corrected chi connectivity index (χ2v) is 4.28. The molecule has 0 aliphatic heterocycles. The van der Waals surface area contributed by atoms with Crippen LogP contribution in [0.3, 0.4) is 0 Å². The van der Waals surface area contributed by atoms with E-state index in [4.69, 9.17) is 5.73 Å². The number of aromatic nitrogens is 1. The monoisotopic (exact) mass is 245 g/mol. The molecule has 0 bridgehead atoms. The normalized spacial score (nSPS) is 11.8. The molecule has 0 saturated carbocycles. The Morgan fingerprint density at radius 1 is 1.56 bits per heavy atom. The third-order valence-electron chi connectivity index (χ3n) is 2.84. The van der Waals surface area contributed by atoms with Gasteiger partial charge in [-0.1, -0.05) is 32.1 Å². The highest BCUT2D eigenvalue weighted by Crippen LogP contribution is 2.10. The van der Waals surface area contributed by atoms with E-state index in [9.17, 15) is 0 Å². The molecule has 3 heteroatoms. The molecule has 3 N–H and O–H groups in total. The highest BCUT2D eigenvalue weighted by atomic mass is 15.0. The van der Waals surface area contributed by atoms with Crippen LogP contribution in [0.4, 0.5) is 0 Å². The number of pyridine rings is 1. The fourth-order valence-corrected chi connectivity index (χ4v) is 1.69. The fourth-order valence-electron chi connectivity index (χ4n) is 1.69. The first-order chi connectivity index (χ1) is 8.77. The summed E-state index contributed by atoms with van der Waals surface area (Å²) in [5.41, 5.74) is 8.31. The van der Waals surface area contributed by atoms with Crippen LogP contribution in [-0.2, 0) is 6.42 Å². The lowest BCUT2D eigenvalue weighted by Crippen LogP contribution is -2.23. The molecule has 98 valence electrons. The van der Waals surface area contributed by atoms with Crippen LogP contribution in [0.5, 0.6) is 0 Å². The SMILES string of the molecule is C=C/C(CCc1cccnc1)=C(\N)NCCCC. The van der Waals surface area contributed by atoms with E-state index in [2.05, 4.69) is 29.9 Å². The number of hydrogen-bond donors (Lipinski definition) is 2. The molecular formula is C15H23N3. The van der Waals surface area contributed by atoms with Crippen LogP contribution in [0.15, 0.2) is 48.6 Å². The molecule has 0 aromatic carbocycles. The van der Waals surface area contributed by atoms with Gasteiger partial charge in [0.2, 0.25) is 0 Å². The van der Waals surface area contributed by atoms with E-state index >= 15 is 0 Å². The van der Waals surface area contributed by atoms with E-state index in [1.54, 1.807) is 6.20 Å². The van der Waals surface area contributed by atoms with Crippen molar-refractivity contribution in [2.75, 3.05) is 6.54 Å². The van der Waals surface area contributed by atoms with Gasteiger partial charge in [0, 0.05) is 18.9 Å². The summed E-state index contributed by atoms with van der Waals surface area (Å²) in [5, 5.41) is 3.24. The lowest BCUT2D eigenvalue weighted by atomic mass is 10.1. The Bertz CT molecular complexity index is 382. The first kappa shape index (κ1) is 14.3. The number of nitrogens with two attached hydrogens (primary N) is 1. The van der Waals surface area contributed by atoms with Crippen molar-refractivity contribution in [3.63, 3.8) is 0 Å². The van der Waals surface area contributed by atoms with Crippen LogP contribution in [0.2, 0.25) is 0 Å². The van der Waals surface area contributed by atoms with Gasteiger partial charge in [-0.25, -0.2) is 0 Å². The molecule has 0 unspecified atom stereocenters. The molecule has 0 aliphatic rings. The van der Waals surface area contributed by atoms with E-state index in [1.807, 2.05) is 18.3 Å². The Kier molecular flexibility index (Phi) is 6.62. The van der Waals surface area contributed by atoms with Gasteiger partial charge in [-0.3, -0.25) is 4.98 Å². The Morgan fingerprint density at radius 2 is 2.39 bits per heavy atom. The minimum absolute atomic E-state index is 0.752. The van der Waals surface area contributed by atoms with E-state index < -0.39 is 0 Å². The molecule has 0 aliphatic carbocycles. The first-order valence-electron chi connectivity index (χ1n) is 6.51. The maximum Gasteiger partial charge on any atom is 0.0992 e. The second kappa shape index (κ2) is 8.34. The summed E-state index contributed by atoms with van der Waals surface area (Å²) < 4.78 is 0. The summed E-state index contributed by atoms with van der Waals surface area (Å²) in [7, 11) is 0. The Morgan fingerprint density at radius 3 is 3.00 bits per heavy atom. The van der Waals surface area contributed by atoms with Crippen molar-refractivity contribution in [2.45, 2.75) is 32.6 Å². The van der Waals surface area contributed by atoms with Crippen molar-refractivity contribution in [3.05, 3.63) is 54.1 Å². The number of aryl methyl sites for hydroxylation is 1. The molecule has 1 heterocycles. The van der Waals surface area contributed by atoms with Gasteiger partial charge in [0.1, 0.15) is 0 Å². The third kappa shape index (κ3) is 5.04. The average molecular weight is 245 g/mol. The van der Waals surface area contributed by atoms with E-state index in [0.717, 1.165) is 37.2 Å². The predicted molar refractivity (Wildman–Crippen MR) is 76.9 cm³/mol. The van der Waals surface area contributed by atoms with Crippen molar-refractivity contribution in [3.8, 4) is 0 Å². The van der Waals surface area contributed by atoms with Crippen LogP contribution in [0, 0.1) is 0 Å². The van der Waals surface area contributed by atoms with Crippen LogP contribution >= 0.6 is 0 Å². The van der Waals surface area contributed by atoms with Crippen molar-refractivity contribution in [1.29, 1.82) is 0 Å². The minimum atomic E-state index is 0.752. The zero-order valence-electron chi connectivity index (χ0n) is 11.2. The zero-order valence-corrected chi connectivity index (χ0v) is 11.2. The molecule has 3 nitrogen and oxygen atoms in total. The summed E-state index contributed by atoms with van der Waals surface area (Å²) >= 11 is 0. The molecule has 0 fully saturated rings. The third-order valence-corrected chi connectivity index (χ3v) is 2.84. The van der Waals surface area contributed by atoms with Gasteiger partial charge in [0.15, 0.2) is 0 Å². The minimum Gasteiger partial charge on any atom is -0.385 e. The summed E-state index contributed by atoms with van der Waals surface area (Å²) in [5.74, 6) is 0.752. The summed E-state index contributed by atoms with van der Waals surface area (Å²) in [6.45, 7) is 6.92. The molecule has 0 amide bonds. The van der Waals surface area contributed by atoms with Gasteiger partial charge in [0.25, 0.3) is 0 Å². The standard InChI is InChI=1S/C15H23N3/c1-3-5-11-18-15(16)14(4-2)9-8-13-7-6-10-17-12-13/h4,6-7,10,12,18H,2-3,5,8-9,11,16H2,1H3/b15-14-. The van der Waals surface area contributed by atoms with Gasteiger partial charge >= 0.3 is 0 Å². The first-order valence-corrected chi connectivity index (χ1v) is 6.51.